The van der Waals surface area contributed by atoms with Crippen LogP contribution in [0.25, 0.3) is 0 Å². The van der Waals surface area contributed by atoms with Gasteiger partial charge in [-0.1, -0.05) is 38.5 Å². The first kappa shape index (κ1) is 33.3. The first-order valence-corrected chi connectivity index (χ1v) is 13.4. The Morgan fingerprint density at radius 2 is 1.06 bits per heavy atom. The summed E-state index contributed by atoms with van der Waals surface area (Å²) in [5.74, 6) is -6.09. The summed E-state index contributed by atoms with van der Waals surface area (Å²) in [6, 6.07) is 0.692. The van der Waals surface area contributed by atoms with E-state index in [4.69, 9.17) is 47.5 Å². The molecule has 0 radical (unpaired) electrons. The summed E-state index contributed by atoms with van der Waals surface area (Å²) in [6.07, 6.45) is 6.35. The van der Waals surface area contributed by atoms with Crippen molar-refractivity contribution in [1.29, 1.82) is 0 Å². The highest BCUT2D eigenvalue weighted by Gasteiger charge is 2.43. The predicted molar refractivity (Wildman–Crippen MR) is 121 cm³/mol. The molecule has 0 heterocycles. The van der Waals surface area contributed by atoms with Crippen LogP contribution in [0.3, 0.4) is 0 Å². The summed E-state index contributed by atoms with van der Waals surface area (Å²) in [5, 5.41) is 26.8. The highest BCUT2D eigenvalue weighted by molar-refractivity contribution is 6.60. The first-order valence-electron chi connectivity index (χ1n) is 11.5. The van der Waals surface area contributed by atoms with Crippen molar-refractivity contribution in [3.05, 3.63) is 0 Å². The van der Waals surface area contributed by atoms with Gasteiger partial charge >= 0.3 is 32.7 Å². The highest BCUT2D eigenvalue weighted by atomic mass is 28.4. The molecule has 0 atom stereocenters. The maximum Gasteiger partial charge on any atom is 0.502 e. The molecule has 0 aliphatic heterocycles. The molecule has 0 saturated carbocycles. The Hall–Kier alpha value is -1.65. The molecule has 0 aliphatic carbocycles. The molecule has 14 heteroatoms. The smallest absolute Gasteiger partial charge is 0.386 e. The van der Waals surface area contributed by atoms with Crippen molar-refractivity contribution in [3.63, 3.8) is 0 Å². The van der Waals surface area contributed by atoms with Crippen LogP contribution in [0.4, 0.5) is 0 Å². The van der Waals surface area contributed by atoms with E-state index in [0.29, 0.717) is 18.9 Å². The van der Waals surface area contributed by atoms with Crippen LogP contribution >= 0.6 is 0 Å². The number of unbranched alkanes of at least 4 members (excludes halogenated alkanes) is 7. The van der Waals surface area contributed by atoms with E-state index in [0.717, 1.165) is 38.5 Å². The van der Waals surface area contributed by atoms with Crippen LogP contribution in [0.1, 0.15) is 57.8 Å². The molecule has 0 aromatic carbocycles. The van der Waals surface area contributed by atoms with Crippen LogP contribution < -0.4 is 0 Å². The zero-order chi connectivity index (χ0) is 26.6. The molecule has 35 heavy (non-hydrogen) atoms. The van der Waals surface area contributed by atoms with Crippen LogP contribution in [0, 0.1) is 0 Å². The maximum absolute atomic E-state index is 11.6. The lowest BCUT2D eigenvalue weighted by atomic mass is 10.1. The lowest BCUT2D eigenvalue weighted by Gasteiger charge is -2.30. The van der Waals surface area contributed by atoms with Crippen LogP contribution in [0.5, 0.6) is 0 Å². The van der Waals surface area contributed by atoms with Crippen molar-refractivity contribution >= 4 is 26.7 Å². The van der Waals surface area contributed by atoms with Gasteiger partial charge < -0.3 is 47.5 Å². The second-order valence-corrected chi connectivity index (χ2v) is 10.5. The number of hydrogen-bond acceptors (Lipinski definition) is 13. The van der Waals surface area contributed by atoms with E-state index >= 15 is 0 Å². The number of rotatable bonds is 22. The third kappa shape index (κ3) is 14.5. The second kappa shape index (κ2) is 19.5. The number of ether oxygens (including phenoxy) is 4. The fraction of sp³-hybridized carbons (Fsp3) is 0.857. The number of carbonyl (C=O) groups excluding carboxylic acids is 3. The van der Waals surface area contributed by atoms with Gasteiger partial charge in [0, 0.05) is 27.4 Å². The molecule has 3 N–H and O–H groups in total. The van der Waals surface area contributed by atoms with E-state index in [1.807, 2.05) is 0 Å². The lowest BCUT2D eigenvalue weighted by molar-refractivity contribution is -0.335. The highest BCUT2D eigenvalue weighted by Crippen LogP contribution is 2.25. The van der Waals surface area contributed by atoms with E-state index in [1.165, 1.54) is 7.11 Å². The largest absolute Gasteiger partial charge is 0.502 e. The van der Waals surface area contributed by atoms with Crippen LogP contribution in [0.15, 0.2) is 0 Å². The average Bonchev–Trinajstić information content (AvgIpc) is 2.86. The molecule has 0 spiro atoms. The summed E-state index contributed by atoms with van der Waals surface area (Å²) in [4.78, 5) is 34.7. The summed E-state index contributed by atoms with van der Waals surface area (Å²) in [5.41, 5.74) is 0. The number of methoxy groups -OCH3 is 1. The van der Waals surface area contributed by atoms with Gasteiger partial charge in [-0.2, -0.15) is 0 Å². The lowest BCUT2D eigenvalue weighted by Crippen LogP contribution is -2.46. The van der Waals surface area contributed by atoms with E-state index in [9.17, 15) is 14.4 Å². The minimum Gasteiger partial charge on any atom is -0.386 e. The van der Waals surface area contributed by atoms with E-state index in [-0.39, 0.29) is 13.2 Å². The van der Waals surface area contributed by atoms with Crippen molar-refractivity contribution in [2.24, 2.45) is 0 Å². The first-order chi connectivity index (χ1) is 16.8. The SMILES string of the molecule is COCO[Si](CCCCCCCCCCC(OC(=O)CO)(OC(=O)CO)OC(=O)CO)(OC)OC. The molecule has 0 aromatic rings. The molecule has 0 fully saturated rings. The Kier molecular flexibility index (Phi) is 18.6. The third-order valence-corrected chi connectivity index (χ3v) is 7.70. The number of hydrogen-bond donors (Lipinski definition) is 3. The Morgan fingerprint density at radius 1 is 0.657 bits per heavy atom. The van der Waals surface area contributed by atoms with E-state index < -0.39 is 52.5 Å². The quantitative estimate of drug-likeness (QED) is 0.0771. The normalized spacial score (nSPS) is 11.8. The summed E-state index contributed by atoms with van der Waals surface area (Å²) in [7, 11) is 1.98. The monoisotopic (exact) mass is 528 g/mol. The van der Waals surface area contributed by atoms with Gasteiger partial charge in [0.15, 0.2) is 0 Å². The average molecular weight is 529 g/mol. The Labute approximate surface area is 206 Å². The third-order valence-electron chi connectivity index (χ3n) is 4.93. The Morgan fingerprint density at radius 3 is 1.43 bits per heavy atom. The van der Waals surface area contributed by atoms with Crippen molar-refractivity contribution in [1.82, 2.24) is 0 Å². The van der Waals surface area contributed by atoms with Gasteiger partial charge in [-0.15, -0.1) is 0 Å². The molecule has 0 saturated heterocycles. The van der Waals surface area contributed by atoms with Gasteiger partial charge in [-0.05, 0) is 12.8 Å². The Bertz CT molecular complexity index is 552. The van der Waals surface area contributed by atoms with Gasteiger partial charge in [0.25, 0.3) is 0 Å². The zero-order valence-corrected chi connectivity index (χ0v) is 21.8. The molecule has 13 nitrogen and oxygen atoms in total. The molecule has 206 valence electrons. The van der Waals surface area contributed by atoms with E-state index in [1.54, 1.807) is 14.2 Å². The predicted octanol–water partition coefficient (Wildman–Crippen LogP) is 0.610. The summed E-state index contributed by atoms with van der Waals surface area (Å²) in [6.45, 7) is -3.03. The van der Waals surface area contributed by atoms with Crippen molar-refractivity contribution in [3.8, 4) is 0 Å². The number of aliphatic hydroxyl groups is 3. The summed E-state index contributed by atoms with van der Waals surface area (Å²) < 4.78 is 36.0. The zero-order valence-electron chi connectivity index (χ0n) is 20.8. The van der Waals surface area contributed by atoms with Crippen molar-refractivity contribution in [2.75, 3.05) is 47.9 Å². The summed E-state index contributed by atoms with van der Waals surface area (Å²) >= 11 is 0. The fourth-order valence-electron chi connectivity index (χ4n) is 3.20. The van der Waals surface area contributed by atoms with Gasteiger partial charge in [0.05, 0.1) is 6.42 Å². The molecular formula is C21H40O13Si. The molecule has 0 bridgehead atoms. The molecule has 0 aliphatic rings. The molecule has 0 rings (SSSR count). The minimum absolute atomic E-state index is 0.118. The second-order valence-electron chi connectivity index (χ2n) is 7.55. The number of esters is 3. The minimum atomic E-state index is -2.69. The van der Waals surface area contributed by atoms with Crippen LogP contribution in [-0.4, -0.2) is 95.9 Å². The molecule has 0 amide bonds. The topological polar surface area (TPSA) is 177 Å². The molecule has 0 unspecified atom stereocenters. The van der Waals surface area contributed by atoms with Gasteiger partial charge in [0.1, 0.15) is 26.6 Å². The van der Waals surface area contributed by atoms with E-state index in [2.05, 4.69) is 0 Å². The van der Waals surface area contributed by atoms with Crippen LogP contribution in [0.2, 0.25) is 6.04 Å². The standard InChI is InChI=1S/C21H40O13Si/c1-28-17-31-35(29-2,30-3)13-11-9-7-5-4-6-8-10-12-21(32-18(25)14-22,33-19(26)15-23)34-20(27)16-24/h22-24H,4-17H2,1-3H3. The van der Waals surface area contributed by atoms with Crippen molar-refractivity contribution < 1.29 is 61.9 Å². The van der Waals surface area contributed by atoms with Gasteiger partial charge in [-0.3, -0.25) is 0 Å². The van der Waals surface area contributed by atoms with Gasteiger partial charge in [-0.25, -0.2) is 14.4 Å². The molecular weight excluding hydrogens is 488 g/mol. The number of aliphatic hydroxyl groups excluding tert-OH is 3. The fourth-order valence-corrected chi connectivity index (χ4v) is 5.14. The maximum atomic E-state index is 11.6. The Balaban J connectivity index is 4.47. The van der Waals surface area contributed by atoms with Crippen molar-refractivity contribution in [2.45, 2.75) is 69.8 Å². The molecule has 0 aromatic heterocycles. The van der Waals surface area contributed by atoms with Crippen LogP contribution in [-0.2, 0) is 46.6 Å². The van der Waals surface area contributed by atoms with Gasteiger partial charge in [0.2, 0.25) is 0 Å². The number of carbonyl (C=O) groups is 3.